The minimum Gasteiger partial charge on any atom is -0.465 e. The van der Waals surface area contributed by atoms with Gasteiger partial charge in [0, 0.05) is 60.1 Å². The molecule has 2 heterocycles. The molecule has 0 radical (unpaired) electrons. The van der Waals surface area contributed by atoms with Gasteiger partial charge in [0.2, 0.25) is 5.91 Å². The van der Waals surface area contributed by atoms with Crippen molar-refractivity contribution in [2.75, 3.05) is 13.7 Å². The molecule has 2 aromatic carbocycles. The van der Waals surface area contributed by atoms with E-state index in [1.54, 1.807) is 11.0 Å². The monoisotopic (exact) mass is 418 g/mol. The number of nitrogens with zero attached hydrogens (tertiary/aromatic N) is 1. The van der Waals surface area contributed by atoms with Gasteiger partial charge in [0.25, 0.3) is 0 Å². The molecule has 1 aliphatic heterocycles. The second kappa shape index (κ2) is 8.38. The molecule has 0 bridgehead atoms. The molecule has 0 unspecified atom stereocenters. The standard InChI is InChI=1S/C25H26N2O4/c1-15-4-5-16(2)18(12-15)23(28)8-9-24(29)27-11-10-22-20(14-27)19-13-17(25(30)31-3)6-7-21(19)26-22/h4-7,12-13,26H,8-11,14H2,1-3H3. The van der Waals surface area contributed by atoms with Gasteiger partial charge >= 0.3 is 5.97 Å². The van der Waals surface area contributed by atoms with Gasteiger partial charge in [-0.1, -0.05) is 17.7 Å². The van der Waals surface area contributed by atoms with Gasteiger partial charge in [0.1, 0.15) is 0 Å². The largest absolute Gasteiger partial charge is 0.465 e. The van der Waals surface area contributed by atoms with Crippen molar-refractivity contribution >= 4 is 28.6 Å². The summed E-state index contributed by atoms with van der Waals surface area (Å²) in [6, 6.07) is 11.2. The fraction of sp³-hybridized carbons (Fsp3) is 0.320. The number of hydrogen-bond donors (Lipinski definition) is 1. The van der Waals surface area contributed by atoms with E-state index in [9.17, 15) is 14.4 Å². The van der Waals surface area contributed by atoms with Crippen LogP contribution in [0.2, 0.25) is 0 Å². The van der Waals surface area contributed by atoms with Crippen molar-refractivity contribution in [3.8, 4) is 0 Å². The lowest BCUT2D eigenvalue weighted by Crippen LogP contribution is -2.35. The Morgan fingerprint density at radius 1 is 1.06 bits per heavy atom. The molecule has 0 atom stereocenters. The van der Waals surface area contributed by atoms with Crippen LogP contribution >= 0.6 is 0 Å². The summed E-state index contributed by atoms with van der Waals surface area (Å²) in [5, 5.41) is 0.932. The minimum absolute atomic E-state index is 0.00191. The number of aryl methyl sites for hydroxylation is 2. The number of fused-ring (bicyclic) bond motifs is 3. The number of Topliss-reactive ketones (excluding diaryl/α,β-unsaturated/α-hetero) is 1. The van der Waals surface area contributed by atoms with Crippen LogP contribution in [-0.4, -0.2) is 41.2 Å². The van der Waals surface area contributed by atoms with E-state index in [1.807, 2.05) is 44.2 Å². The average Bonchev–Trinajstić information content (AvgIpc) is 3.15. The van der Waals surface area contributed by atoms with Crippen LogP contribution in [0.1, 0.15) is 55.9 Å². The number of hydrogen-bond acceptors (Lipinski definition) is 4. The molecule has 31 heavy (non-hydrogen) atoms. The summed E-state index contributed by atoms with van der Waals surface area (Å²) in [7, 11) is 1.36. The highest BCUT2D eigenvalue weighted by Gasteiger charge is 2.25. The molecule has 0 aliphatic carbocycles. The quantitative estimate of drug-likeness (QED) is 0.499. The maximum atomic E-state index is 12.9. The molecule has 0 fully saturated rings. The second-order valence-electron chi connectivity index (χ2n) is 8.14. The third-order valence-electron chi connectivity index (χ3n) is 6.01. The smallest absolute Gasteiger partial charge is 0.337 e. The zero-order chi connectivity index (χ0) is 22.1. The zero-order valence-corrected chi connectivity index (χ0v) is 18.1. The Labute approximate surface area is 181 Å². The summed E-state index contributed by atoms with van der Waals surface area (Å²) in [4.78, 5) is 42.6. The number of H-pyrrole nitrogens is 1. The van der Waals surface area contributed by atoms with Crippen molar-refractivity contribution in [1.29, 1.82) is 0 Å². The highest BCUT2D eigenvalue weighted by molar-refractivity contribution is 5.99. The molecule has 6 heteroatoms. The number of aromatic nitrogens is 1. The Balaban J connectivity index is 1.47. The van der Waals surface area contributed by atoms with Gasteiger partial charge in [-0.15, -0.1) is 0 Å². The van der Waals surface area contributed by atoms with E-state index in [1.165, 1.54) is 7.11 Å². The second-order valence-corrected chi connectivity index (χ2v) is 8.14. The Kier molecular flexibility index (Phi) is 5.63. The van der Waals surface area contributed by atoms with E-state index < -0.39 is 0 Å². The first-order chi connectivity index (χ1) is 14.9. The molecule has 0 saturated carbocycles. The highest BCUT2D eigenvalue weighted by Crippen LogP contribution is 2.29. The number of amides is 1. The summed E-state index contributed by atoms with van der Waals surface area (Å²) in [6.07, 6.45) is 1.11. The molecule has 0 saturated heterocycles. The number of esters is 1. The van der Waals surface area contributed by atoms with Gasteiger partial charge in [0.15, 0.2) is 5.78 Å². The third-order valence-corrected chi connectivity index (χ3v) is 6.01. The number of carbonyl (C=O) groups is 3. The van der Waals surface area contributed by atoms with Crippen LogP contribution in [0.25, 0.3) is 10.9 Å². The Hall–Kier alpha value is -3.41. The van der Waals surface area contributed by atoms with E-state index in [0.29, 0.717) is 30.6 Å². The predicted molar refractivity (Wildman–Crippen MR) is 118 cm³/mol. The zero-order valence-electron chi connectivity index (χ0n) is 18.1. The summed E-state index contributed by atoms with van der Waals surface area (Å²) in [5.41, 5.74) is 6.21. The van der Waals surface area contributed by atoms with Crippen molar-refractivity contribution in [1.82, 2.24) is 9.88 Å². The number of carbonyl (C=O) groups excluding carboxylic acids is 3. The van der Waals surface area contributed by atoms with Gasteiger partial charge in [-0.25, -0.2) is 4.79 Å². The van der Waals surface area contributed by atoms with Crippen LogP contribution < -0.4 is 0 Å². The van der Waals surface area contributed by atoms with Crippen LogP contribution in [0, 0.1) is 13.8 Å². The maximum absolute atomic E-state index is 12.9. The average molecular weight is 418 g/mol. The third kappa shape index (κ3) is 4.10. The fourth-order valence-corrected chi connectivity index (χ4v) is 4.22. The fourth-order valence-electron chi connectivity index (χ4n) is 4.22. The molecule has 1 aromatic heterocycles. The first-order valence-corrected chi connectivity index (χ1v) is 10.5. The van der Waals surface area contributed by atoms with Gasteiger partial charge in [-0.3, -0.25) is 9.59 Å². The number of aromatic amines is 1. The summed E-state index contributed by atoms with van der Waals surface area (Å²) in [5.74, 6) is -0.407. The lowest BCUT2D eigenvalue weighted by Gasteiger charge is -2.27. The number of benzene rings is 2. The molecule has 0 spiro atoms. The number of methoxy groups -OCH3 is 1. The first kappa shape index (κ1) is 20.8. The highest BCUT2D eigenvalue weighted by atomic mass is 16.5. The molecule has 160 valence electrons. The van der Waals surface area contributed by atoms with E-state index in [4.69, 9.17) is 4.74 Å². The minimum atomic E-state index is -0.384. The van der Waals surface area contributed by atoms with Crippen LogP contribution in [0.4, 0.5) is 0 Å². The number of ether oxygens (including phenoxy) is 1. The van der Waals surface area contributed by atoms with Gasteiger partial charge in [-0.2, -0.15) is 0 Å². The van der Waals surface area contributed by atoms with Gasteiger partial charge in [-0.05, 0) is 43.7 Å². The molecular formula is C25H26N2O4. The maximum Gasteiger partial charge on any atom is 0.337 e. The predicted octanol–water partition coefficient (Wildman–Crippen LogP) is 4.12. The van der Waals surface area contributed by atoms with Crippen molar-refractivity contribution in [3.63, 3.8) is 0 Å². The van der Waals surface area contributed by atoms with Crippen LogP contribution in [0.5, 0.6) is 0 Å². The number of nitrogens with one attached hydrogen (secondary N) is 1. The summed E-state index contributed by atoms with van der Waals surface area (Å²) >= 11 is 0. The van der Waals surface area contributed by atoms with E-state index >= 15 is 0 Å². The molecule has 1 amide bonds. The Bertz CT molecular complexity index is 1190. The first-order valence-electron chi connectivity index (χ1n) is 10.5. The lowest BCUT2D eigenvalue weighted by atomic mass is 9.98. The molecule has 6 nitrogen and oxygen atoms in total. The summed E-state index contributed by atoms with van der Waals surface area (Å²) in [6.45, 7) is 4.95. The van der Waals surface area contributed by atoms with Crippen molar-refractivity contribution < 1.29 is 19.1 Å². The van der Waals surface area contributed by atoms with Gasteiger partial charge in [0.05, 0.1) is 12.7 Å². The summed E-state index contributed by atoms with van der Waals surface area (Å²) < 4.78 is 4.83. The van der Waals surface area contributed by atoms with Crippen LogP contribution in [-0.2, 0) is 22.5 Å². The SMILES string of the molecule is COC(=O)c1ccc2[nH]c3c(c2c1)CN(C(=O)CCC(=O)c1cc(C)ccc1C)CC3. The molecule has 1 N–H and O–H groups in total. The molecule has 4 rings (SSSR count). The van der Waals surface area contributed by atoms with E-state index in [-0.39, 0.29) is 30.5 Å². The molecule has 1 aliphatic rings. The Morgan fingerprint density at radius 2 is 1.87 bits per heavy atom. The lowest BCUT2D eigenvalue weighted by molar-refractivity contribution is -0.132. The van der Waals surface area contributed by atoms with Crippen molar-refractivity contribution in [3.05, 3.63) is 69.9 Å². The Morgan fingerprint density at radius 3 is 2.65 bits per heavy atom. The van der Waals surface area contributed by atoms with Crippen LogP contribution in [0.3, 0.4) is 0 Å². The van der Waals surface area contributed by atoms with E-state index in [2.05, 4.69) is 4.98 Å². The number of rotatable bonds is 5. The van der Waals surface area contributed by atoms with Crippen molar-refractivity contribution in [2.45, 2.75) is 39.7 Å². The van der Waals surface area contributed by atoms with Crippen molar-refractivity contribution in [2.24, 2.45) is 0 Å². The molecule has 3 aromatic rings. The normalized spacial score (nSPS) is 13.2. The van der Waals surface area contributed by atoms with Crippen LogP contribution in [0.15, 0.2) is 36.4 Å². The number of ketones is 1. The van der Waals surface area contributed by atoms with Gasteiger partial charge < -0.3 is 14.6 Å². The van der Waals surface area contributed by atoms with E-state index in [0.717, 1.165) is 33.3 Å². The molecular weight excluding hydrogens is 392 g/mol. The topological polar surface area (TPSA) is 79.5 Å².